The summed E-state index contributed by atoms with van der Waals surface area (Å²) in [6.45, 7) is 14.6. The zero-order chi connectivity index (χ0) is 24.0. The van der Waals surface area contributed by atoms with Gasteiger partial charge in [-0.1, -0.05) is 97.9 Å². The first-order chi connectivity index (χ1) is 15.8. The Hall–Kier alpha value is -1.81. The van der Waals surface area contributed by atoms with E-state index in [1.54, 1.807) is 0 Å². The minimum absolute atomic E-state index is 0.243. The molecule has 0 spiro atoms. The highest BCUT2D eigenvalue weighted by Gasteiger charge is 2.54. The number of hydrogen-bond acceptors (Lipinski definition) is 3. The molecule has 1 unspecified atom stereocenters. The lowest BCUT2D eigenvalue weighted by Crippen LogP contribution is -2.73. The van der Waals surface area contributed by atoms with E-state index in [9.17, 15) is 0 Å². The van der Waals surface area contributed by atoms with Crippen LogP contribution in [0.25, 0.3) is 0 Å². The van der Waals surface area contributed by atoms with Crippen molar-refractivity contribution in [1.82, 2.24) is 0 Å². The summed E-state index contributed by atoms with van der Waals surface area (Å²) in [6, 6.07) is 32.5. The van der Waals surface area contributed by atoms with Crippen LogP contribution in [-0.2, 0) is 13.0 Å². The molecule has 0 saturated heterocycles. The van der Waals surface area contributed by atoms with Crippen LogP contribution in [0.4, 0.5) is 0 Å². The number of hydrogen-bond donors (Lipinski definition) is 0. The van der Waals surface area contributed by atoms with Gasteiger partial charge < -0.3 is 13.0 Å². The van der Waals surface area contributed by atoms with Gasteiger partial charge in [-0.15, -0.1) is 0 Å². The molecule has 0 N–H and O–H groups in total. The van der Waals surface area contributed by atoms with E-state index in [-0.39, 0.29) is 5.16 Å². The topological polar surface area (TPSA) is 27.7 Å². The Morgan fingerprint density at radius 3 is 1.24 bits per heavy atom. The first kappa shape index (κ1) is 25.8. The molecule has 0 aliphatic carbocycles. The molecule has 3 nitrogen and oxygen atoms in total. The van der Waals surface area contributed by atoms with Crippen molar-refractivity contribution in [3.05, 3.63) is 91.0 Å². The van der Waals surface area contributed by atoms with Gasteiger partial charge in [-0.2, -0.15) is 0 Å². The van der Waals surface area contributed by atoms with Crippen LogP contribution in [0.2, 0.25) is 24.8 Å². The third kappa shape index (κ3) is 5.48. The fourth-order valence-electron chi connectivity index (χ4n) is 4.67. The molecule has 6 heteroatoms. The third-order valence-electron chi connectivity index (χ3n) is 6.65. The molecule has 3 aromatic carbocycles. The predicted molar refractivity (Wildman–Crippen MR) is 147 cm³/mol. The summed E-state index contributed by atoms with van der Waals surface area (Å²) in [5.74, 6) is 0. The summed E-state index contributed by atoms with van der Waals surface area (Å²) in [7, 11) is -7.53. The van der Waals surface area contributed by atoms with Crippen LogP contribution in [0.1, 0.15) is 20.8 Å². The normalized spacial score (nSPS) is 13.6. The summed E-state index contributed by atoms with van der Waals surface area (Å²) in [5.41, 5.74) is 0. The van der Waals surface area contributed by atoms with Crippen molar-refractivity contribution in [2.75, 3.05) is 13.2 Å². The molecular weight excluding hydrogens is 457 g/mol. The average Bonchev–Trinajstić information content (AvgIpc) is 2.84. The Balaban J connectivity index is 2.22. The third-order valence-corrected chi connectivity index (χ3v) is 22.5. The lowest BCUT2D eigenvalue weighted by molar-refractivity contribution is 0.185. The SMILES string of the molecule is CCO[Si](C)(OCC)C(C)[Si](C)(C)O[Si](c1ccccc1)(c1ccccc1)c1ccccc1. The minimum atomic E-state index is -2.77. The molecule has 0 heterocycles. The standard InChI is InChI=1S/C27H38O3Si3/c1-7-28-32(6,29-8-2)24(3)31(4,5)30-33(25-18-12-9-13-19-25,26-20-14-10-15-21-26)27-22-16-11-17-23-27/h9-24H,7-8H2,1-6H3. The molecule has 0 amide bonds. The highest BCUT2D eigenvalue weighted by molar-refractivity contribution is 7.11. The molecule has 0 saturated carbocycles. The first-order valence-electron chi connectivity index (χ1n) is 11.9. The zero-order valence-corrected chi connectivity index (χ0v) is 23.9. The summed E-state index contributed by atoms with van der Waals surface area (Å²) in [5, 5.41) is 4.05. The van der Waals surface area contributed by atoms with E-state index in [0.717, 1.165) is 0 Å². The first-order valence-corrected chi connectivity index (χ1v) is 19.2. The highest BCUT2D eigenvalue weighted by atomic mass is 28.5. The van der Waals surface area contributed by atoms with E-state index in [1.807, 2.05) is 0 Å². The molecule has 3 aromatic rings. The zero-order valence-electron chi connectivity index (χ0n) is 20.9. The molecule has 3 rings (SSSR count). The Labute approximate surface area is 203 Å². The summed E-state index contributed by atoms with van der Waals surface area (Å²) >= 11 is 0. The fourth-order valence-corrected chi connectivity index (χ4v) is 20.7. The van der Waals surface area contributed by atoms with Crippen molar-refractivity contribution in [3.63, 3.8) is 0 Å². The van der Waals surface area contributed by atoms with Crippen LogP contribution in [-0.4, -0.2) is 38.4 Å². The number of benzene rings is 3. The molecule has 0 aromatic heterocycles. The lowest BCUT2D eigenvalue weighted by Gasteiger charge is -2.46. The van der Waals surface area contributed by atoms with Gasteiger partial charge in [-0.25, -0.2) is 0 Å². The Bertz CT molecular complexity index is 879. The molecule has 176 valence electrons. The molecule has 33 heavy (non-hydrogen) atoms. The van der Waals surface area contributed by atoms with Crippen LogP contribution in [0, 0.1) is 0 Å². The van der Waals surface area contributed by atoms with Crippen LogP contribution in [0.3, 0.4) is 0 Å². The van der Waals surface area contributed by atoms with Crippen molar-refractivity contribution in [2.45, 2.75) is 45.6 Å². The second-order valence-electron chi connectivity index (χ2n) is 9.09. The van der Waals surface area contributed by atoms with Crippen molar-refractivity contribution < 1.29 is 13.0 Å². The lowest BCUT2D eigenvalue weighted by atomic mass is 10.3. The van der Waals surface area contributed by atoms with Gasteiger partial charge in [0.05, 0.1) is 0 Å². The molecule has 0 aliphatic heterocycles. The molecule has 0 bridgehead atoms. The summed E-state index contributed by atoms with van der Waals surface area (Å²) < 4.78 is 20.3. The second kappa shape index (κ2) is 11.1. The van der Waals surface area contributed by atoms with Crippen molar-refractivity contribution in [3.8, 4) is 0 Å². The van der Waals surface area contributed by atoms with Gasteiger partial charge in [0.1, 0.15) is 0 Å². The van der Waals surface area contributed by atoms with Gasteiger partial charge in [0, 0.05) is 18.4 Å². The molecule has 0 fully saturated rings. The highest BCUT2D eigenvalue weighted by Crippen LogP contribution is 2.35. The monoisotopic (exact) mass is 494 g/mol. The Morgan fingerprint density at radius 1 is 0.606 bits per heavy atom. The van der Waals surface area contributed by atoms with Crippen molar-refractivity contribution >= 4 is 40.8 Å². The van der Waals surface area contributed by atoms with E-state index >= 15 is 0 Å². The molecule has 1 atom stereocenters. The van der Waals surface area contributed by atoms with E-state index in [4.69, 9.17) is 13.0 Å². The smallest absolute Gasteiger partial charge is 0.337 e. The van der Waals surface area contributed by atoms with Crippen LogP contribution >= 0.6 is 0 Å². The van der Waals surface area contributed by atoms with E-state index < -0.39 is 25.2 Å². The predicted octanol–water partition coefficient (Wildman–Crippen LogP) is 4.95. The quantitative estimate of drug-likeness (QED) is 0.279. The van der Waals surface area contributed by atoms with Crippen molar-refractivity contribution in [2.24, 2.45) is 0 Å². The number of rotatable bonds is 11. The second-order valence-corrected chi connectivity index (χ2v) is 21.1. The van der Waals surface area contributed by atoms with Gasteiger partial charge in [0.25, 0.3) is 8.32 Å². The average molecular weight is 495 g/mol. The molecule has 0 radical (unpaired) electrons. The van der Waals surface area contributed by atoms with E-state index in [0.29, 0.717) is 13.2 Å². The Morgan fingerprint density at radius 2 is 0.939 bits per heavy atom. The maximum absolute atomic E-state index is 7.64. The van der Waals surface area contributed by atoms with Gasteiger partial charge in [-0.05, 0) is 49.0 Å². The molecule has 0 aliphatic rings. The van der Waals surface area contributed by atoms with E-state index in [1.165, 1.54) is 15.6 Å². The van der Waals surface area contributed by atoms with Gasteiger partial charge in [-0.3, -0.25) is 0 Å². The largest absolute Gasteiger partial charge is 0.446 e. The van der Waals surface area contributed by atoms with Crippen LogP contribution < -0.4 is 15.6 Å². The van der Waals surface area contributed by atoms with Gasteiger partial charge in [0.15, 0.2) is 8.32 Å². The van der Waals surface area contributed by atoms with Gasteiger partial charge >= 0.3 is 8.56 Å². The van der Waals surface area contributed by atoms with Crippen LogP contribution in [0.15, 0.2) is 91.0 Å². The maximum atomic E-state index is 7.64. The van der Waals surface area contributed by atoms with Crippen LogP contribution in [0.5, 0.6) is 0 Å². The summed E-state index contributed by atoms with van der Waals surface area (Å²) in [4.78, 5) is 0. The molecular formula is C27H38O3Si3. The van der Waals surface area contributed by atoms with Gasteiger partial charge in [0.2, 0.25) is 0 Å². The van der Waals surface area contributed by atoms with Crippen molar-refractivity contribution in [1.29, 1.82) is 0 Å². The fraction of sp³-hybridized carbons (Fsp3) is 0.333. The summed E-state index contributed by atoms with van der Waals surface area (Å²) in [6.07, 6.45) is 0. The maximum Gasteiger partial charge on any atom is 0.337 e. The minimum Gasteiger partial charge on any atom is -0.446 e. The van der Waals surface area contributed by atoms with E-state index in [2.05, 4.69) is 131 Å². The Kier molecular flexibility index (Phi) is 8.66.